The fourth-order valence-corrected chi connectivity index (χ4v) is 2.67. The number of aromatic amines is 1. The number of carbonyl (C=O) groups excluding carboxylic acids is 1. The molecule has 0 saturated carbocycles. The number of hydrogen-bond donors (Lipinski definition) is 2. The first kappa shape index (κ1) is 12.7. The van der Waals surface area contributed by atoms with Gasteiger partial charge in [0.25, 0.3) is 0 Å². The molecule has 0 spiro atoms. The van der Waals surface area contributed by atoms with E-state index in [4.69, 9.17) is 0 Å². The molecule has 3 aromatic rings. The van der Waals surface area contributed by atoms with Crippen LogP contribution in [0.5, 0.6) is 0 Å². The van der Waals surface area contributed by atoms with Gasteiger partial charge in [0.1, 0.15) is 0 Å². The Morgan fingerprint density at radius 3 is 2.85 bits per heavy atom. The topological polar surface area (TPSA) is 57.8 Å². The second-order valence-electron chi connectivity index (χ2n) is 4.95. The minimum absolute atomic E-state index is 0.0354. The molecule has 1 atom stereocenters. The van der Waals surface area contributed by atoms with Crippen LogP contribution in [0, 0.1) is 0 Å². The van der Waals surface area contributed by atoms with Crippen molar-refractivity contribution in [1.29, 1.82) is 0 Å². The van der Waals surface area contributed by atoms with Crippen LogP contribution in [0.4, 0.5) is 0 Å². The van der Waals surface area contributed by atoms with Crippen LogP contribution in [-0.2, 0) is 4.79 Å². The van der Waals surface area contributed by atoms with Gasteiger partial charge in [0.2, 0.25) is 5.91 Å². The number of carbonyl (C=O) groups is 1. The van der Waals surface area contributed by atoms with Gasteiger partial charge in [0.05, 0.1) is 17.3 Å². The highest BCUT2D eigenvalue weighted by molar-refractivity contribution is 6.07. The van der Waals surface area contributed by atoms with Crippen molar-refractivity contribution in [3.63, 3.8) is 0 Å². The maximum Gasteiger partial charge on any atom is 0.217 e. The molecule has 0 aliphatic heterocycles. The van der Waals surface area contributed by atoms with E-state index in [2.05, 4.69) is 27.4 Å². The third-order valence-electron chi connectivity index (χ3n) is 3.57. The summed E-state index contributed by atoms with van der Waals surface area (Å²) in [7, 11) is 0. The number of fused-ring (bicyclic) bond motifs is 3. The van der Waals surface area contributed by atoms with Crippen molar-refractivity contribution < 1.29 is 4.79 Å². The van der Waals surface area contributed by atoms with E-state index in [1.165, 1.54) is 12.3 Å². The van der Waals surface area contributed by atoms with Gasteiger partial charge in [-0.2, -0.15) is 0 Å². The molecule has 1 unspecified atom stereocenters. The lowest BCUT2D eigenvalue weighted by atomic mass is 10.1. The van der Waals surface area contributed by atoms with Crippen molar-refractivity contribution in [2.45, 2.75) is 26.3 Å². The maximum absolute atomic E-state index is 11.3. The summed E-state index contributed by atoms with van der Waals surface area (Å²) >= 11 is 0. The number of hydrogen-bond acceptors (Lipinski definition) is 2. The smallest absolute Gasteiger partial charge is 0.217 e. The molecule has 4 heteroatoms. The summed E-state index contributed by atoms with van der Waals surface area (Å²) in [5.74, 6) is -0.0354. The van der Waals surface area contributed by atoms with E-state index in [1.807, 2.05) is 31.3 Å². The molecular formula is C16H17N3O. The largest absolute Gasteiger partial charge is 0.353 e. The van der Waals surface area contributed by atoms with E-state index in [9.17, 15) is 4.79 Å². The van der Waals surface area contributed by atoms with Crippen LogP contribution in [0.1, 0.15) is 32.0 Å². The van der Waals surface area contributed by atoms with Gasteiger partial charge in [-0.3, -0.25) is 9.78 Å². The second-order valence-corrected chi connectivity index (χ2v) is 4.95. The quantitative estimate of drug-likeness (QED) is 0.765. The Morgan fingerprint density at radius 2 is 2.10 bits per heavy atom. The standard InChI is InChI=1S/C16H17N3O/c1-3-13(18-10(2)20)16-15-12(8-9-17-16)11-6-4-5-7-14(11)19-15/h4-9,13,19H,3H2,1-2H3,(H,18,20). The van der Waals surface area contributed by atoms with E-state index < -0.39 is 0 Å². The van der Waals surface area contributed by atoms with Gasteiger partial charge >= 0.3 is 0 Å². The zero-order chi connectivity index (χ0) is 14.1. The summed E-state index contributed by atoms with van der Waals surface area (Å²) in [6, 6.07) is 10.1. The molecule has 1 amide bonds. The normalized spacial score (nSPS) is 12.7. The minimum Gasteiger partial charge on any atom is -0.353 e. The summed E-state index contributed by atoms with van der Waals surface area (Å²) in [6.07, 6.45) is 2.61. The number of aromatic nitrogens is 2. The van der Waals surface area contributed by atoms with Crippen LogP contribution in [0.3, 0.4) is 0 Å². The molecule has 0 bridgehead atoms. The average Bonchev–Trinajstić information content (AvgIpc) is 2.83. The summed E-state index contributed by atoms with van der Waals surface area (Å²) in [6.45, 7) is 3.58. The Kier molecular flexibility index (Phi) is 3.14. The molecule has 20 heavy (non-hydrogen) atoms. The van der Waals surface area contributed by atoms with Crippen LogP contribution < -0.4 is 5.32 Å². The summed E-state index contributed by atoms with van der Waals surface area (Å²) in [4.78, 5) is 19.2. The van der Waals surface area contributed by atoms with Crippen LogP contribution in [0.2, 0.25) is 0 Å². The predicted molar refractivity (Wildman–Crippen MR) is 80.4 cm³/mol. The Balaban J connectivity index is 2.22. The van der Waals surface area contributed by atoms with Crippen molar-refractivity contribution >= 4 is 27.7 Å². The van der Waals surface area contributed by atoms with Gasteiger partial charge in [-0.25, -0.2) is 0 Å². The van der Waals surface area contributed by atoms with Gasteiger partial charge in [0.15, 0.2) is 0 Å². The highest BCUT2D eigenvalue weighted by Crippen LogP contribution is 2.29. The zero-order valence-corrected chi connectivity index (χ0v) is 11.6. The van der Waals surface area contributed by atoms with Gasteiger partial charge < -0.3 is 10.3 Å². The van der Waals surface area contributed by atoms with Gasteiger partial charge in [0, 0.05) is 29.4 Å². The number of amides is 1. The average molecular weight is 267 g/mol. The van der Waals surface area contributed by atoms with Crippen molar-refractivity contribution in [2.24, 2.45) is 0 Å². The van der Waals surface area contributed by atoms with E-state index >= 15 is 0 Å². The monoisotopic (exact) mass is 267 g/mol. The summed E-state index contributed by atoms with van der Waals surface area (Å²) in [5.41, 5.74) is 3.00. The Bertz CT molecular complexity index is 776. The van der Waals surface area contributed by atoms with Crippen LogP contribution >= 0.6 is 0 Å². The fraction of sp³-hybridized carbons (Fsp3) is 0.250. The lowest BCUT2D eigenvalue weighted by Gasteiger charge is -2.15. The van der Waals surface area contributed by atoms with Crippen molar-refractivity contribution in [3.05, 3.63) is 42.2 Å². The third kappa shape index (κ3) is 2.03. The highest BCUT2D eigenvalue weighted by Gasteiger charge is 2.17. The molecule has 4 nitrogen and oxygen atoms in total. The van der Waals surface area contributed by atoms with E-state index in [1.54, 1.807) is 0 Å². The van der Waals surface area contributed by atoms with E-state index in [0.29, 0.717) is 0 Å². The van der Waals surface area contributed by atoms with Gasteiger partial charge in [-0.05, 0) is 18.6 Å². The lowest BCUT2D eigenvalue weighted by Crippen LogP contribution is -2.26. The van der Waals surface area contributed by atoms with Crippen molar-refractivity contribution in [1.82, 2.24) is 15.3 Å². The molecular weight excluding hydrogens is 250 g/mol. The highest BCUT2D eigenvalue weighted by atomic mass is 16.1. The first-order valence-corrected chi connectivity index (χ1v) is 6.83. The molecule has 1 aromatic carbocycles. The summed E-state index contributed by atoms with van der Waals surface area (Å²) < 4.78 is 0. The number of nitrogens with one attached hydrogen (secondary N) is 2. The van der Waals surface area contributed by atoms with Crippen molar-refractivity contribution in [2.75, 3.05) is 0 Å². The fourth-order valence-electron chi connectivity index (χ4n) is 2.67. The van der Waals surface area contributed by atoms with E-state index in [0.717, 1.165) is 28.5 Å². The second kappa shape index (κ2) is 4.96. The third-order valence-corrected chi connectivity index (χ3v) is 3.57. The van der Waals surface area contributed by atoms with Crippen LogP contribution in [0.25, 0.3) is 21.8 Å². The van der Waals surface area contributed by atoms with Gasteiger partial charge in [-0.15, -0.1) is 0 Å². The molecule has 0 saturated heterocycles. The number of pyridine rings is 1. The summed E-state index contributed by atoms with van der Waals surface area (Å²) in [5, 5.41) is 5.29. The van der Waals surface area contributed by atoms with Crippen LogP contribution in [0.15, 0.2) is 36.5 Å². The molecule has 2 heterocycles. The molecule has 102 valence electrons. The van der Waals surface area contributed by atoms with E-state index in [-0.39, 0.29) is 11.9 Å². The Labute approximate surface area is 117 Å². The first-order valence-electron chi connectivity index (χ1n) is 6.83. The van der Waals surface area contributed by atoms with Crippen molar-refractivity contribution in [3.8, 4) is 0 Å². The minimum atomic E-state index is -0.0655. The SMILES string of the molecule is CCC(NC(C)=O)c1nccc2c1[nH]c1ccccc12. The predicted octanol–water partition coefficient (Wildman–Crippen LogP) is 3.30. The molecule has 2 N–H and O–H groups in total. The number of H-pyrrole nitrogens is 1. The molecule has 0 aliphatic carbocycles. The molecule has 2 aromatic heterocycles. The Morgan fingerprint density at radius 1 is 1.30 bits per heavy atom. The molecule has 0 fully saturated rings. The van der Waals surface area contributed by atoms with Gasteiger partial charge in [-0.1, -0.05) is 25.1 Å². The van der Waals surface area contributed by atoms with Crippen LogP contribution in [-0.4, -0.2) is 15.9 Å². The number of benzene rings is 1. The Hall–Kier alpha value is -2.36. The number of rotatable bonds is 3. The first-order chi connectivity index (χ1) is 9.70. The molecule has 0 aliphatic rings. The maximum atomic E-state index is 11.3. The number of para-hydroxylation sites is 1. The molecule has 3 rings (SSSR count). The molecule has 0 radical (unpaired) electrons. The number of nitrogens with zero attached hydrogens (tertiary/aromatic N) is 1. The zero-order valence-electron chi connectivity index (χ0n) is 11.6. The lowest BCUT2D eigenvalue weighted by molar-refractivity contribution is -0.119.